The lowest BCUT2D eigenvalue weighted by Crippen LogP contribution is -2.27. The Morgan fingerprint density at radius 1 is 1.20 bits per heavy atom. The van der Waals surface area contributed by atoms with Crippen molar-refractivity contribution in [1.29, 1.82) is 0 Å². The summed E-state index contributed by atoms with van der Waals surface area (Å²) in [5.74, 6) is 0.953. The van der Waals surface area contributed by atoms with Gasteiger partial charge in [-0.3, -0.25) is 19.8 Å². The number of hydrogen-bond donors (Lipinski definition) is 0. The maximum atomic E-state index is 12.5. The highest BCUT2D eigenvalue weighted by molar-refractivity contribution is 8.26. The predicted octanol–water partition coefficient (Wildman–Crippen LogP) is 4.58. The SMILES string of the molecule is CCN1C(=O)/C(=C/c2cc([N+](=O)[O-])ccc2OCCOc2cccc(C)c2)SC1=S. The van der Waals surface area contributed by atoms with Crippen molar-refractivity contribution in [3.63, 3.8) is 0 Å². The molecule has 0 spiro atoms. The largest absolute Gasteiger partial charge is 0.490 e. The molecular weight excluding hydrogens is 424 g/mol. The molecule has 2 aromatic rings. The van der Waals surface area contributed by atoms with Gasteiger partial charge in [0.15, 0.2) is 0 Å². The van der Waals surface area contributed by atoms with E-state index in [9.17, 15) is 14.9 Å². The molecule has 30 heavy (non-hydrogen) atoms. The van der Waals surface area contributed by atoms with E-state index in [1.807, 2.05) is 38.1 Å². The molecule has 0 aliphatic carbocycles. The van der Waals surface area contributed by atoms with Crippen molar-refractivity contribution in [3.8, 4) is 11.5 Å². The average Bonchev–Trinajstić information content (AvgIpc) is 2.98. The second-order valence-electron chi connectivity index (χ2n) is 6.42. The van der Waals surface area contributed by atoms with Gasteiger partial charge >= 0.3 is 0 Å². The standard InChI is InChI=1S/C21H20N2O5S2/c1-3-22-20(24)19(30-21(22)29)13-15-12-16(23(25)26)7-8-18(15)28-10-9-27-17-6-4-5-14(2)11-17/h4-8,11-13H,3,9-10H2,1-2H3/b19-13-. The van der Waals surface area contributed by atoms with Crippen LogP contribution >= 0.6 is 24.0 Å². The van der Waals surface area contributed by atoms with Crippen LogP contribution in [-0.4, -0.2) is 39.8 Å². The van der Waals surface area contributed by atoms with Crippen LogP contribution in [-0.2, 0) is 4.79 Å². The summed E-state index contributed by atoms with van der Waals surface area (Å²) in [5, 5.41) is 11.2. The maximum Gasteiger partial charge on any atom is 0.270 e. The van der Waals surface area contributed by atoms with Crippen molar-refractivity contribution >= 4 is 46.0 Å². The first kappa shape index (κ1) is 21.8. The van der Waals surface area contributed by atoms with E-state index in [-0.39, 0.29) is 18.2 Å². The number of nitro groups is 1. The summed E-state index contributed by atoms with van der Waals surface area (Å²) >= 11 is 6.39. The lowest BCUT2D eigenvalue weighted by Gasteiger charge is -2.11. The molecule has 1 fully saturated rings. The highest BCUT2D eigenvalue weighted by Gasteiger charge is 2.31. The minimum absolute atomic E-state index is 0.0874. The summed E-state index contributed by atoms with van der Waals surface area (Å²) in [6.45, 7) is 4.83. The normalized spacial score (nSPS) is 15.0. The van der Waals surface area contributed by atoms with E-state index in [2.05, 4.69) is 0 Å². The molecule has 0 N–H and O–H groups in total. The molecule has 1 aliphatic heterocycles. The van der Waals surface area contributed by atoms with Crippen LogP contribution in [0, 0.1) is 17.0 Å². The molecule has 0 unspecified atom stereocenters. The van der Waals surface area contributed by atoms with Gasteiger partial charge in [0, 0.05) is 24.2 Å². The van der Waals surface area contributed by atoms with E-state index in [1.165, 1.54) is 34.9 Å². The van der Waals surface area contributed by atoms with E-state index in [0.29, 0.717) is 33.7 Å². The molecule has 0 atom stereocenters. The van der Waals surface area contributed by atoms with Crippen molar-refractivity contribution in [2.24, 2.45) is 0 Å². The second kappa shape index (κ2) is 9.73. The molecule has 0 saturated carbocycles. The number of carbonyl (C=O) groups is 1. The number of ether oxygens (including phenoxy) is 2. The zero-order valence-electron chi connectivity index (χ0n) is 16.5. The zero-order chi connectivity index (χ0) is 21.7. The zero-order valence-corrected chi connectivity index (χ0v) is 18.1. The van der Waals surface area contributed by atoms with Crippen LogP contribution in [0.2, 0.25) is 0 Å². The van der Waals surface area contributed by atoms with Crippen molar-refractivity contribution in [2.45, 2.75) is 13.8 Å². The number of non-ortho nitro benzene ring substituents is 1. The molecule has 0 bridgehead atoms. The van der Waals surface area contributed by atoms with Gasteiger partial charge in [0.1, 0.15) is 29.0 Å². The Bertz CT molecular complexity index is 1020. The monoisotopic (exact) mass is 444 g/mol. The molecule has 156 valence electrons. The number of benzene rings is 2. The average molecular weight is 445 g/mol. The Morgan fingerprint density at radius 2 is 1.97 bits per heavy atom. The van der Waals surface area contributed by atoms with E-state index in [0.717, 1.165) is 11.3 Å². The molecule has 2 aromatic carbocycles. The highest BCUT2D eigenvalue weighted by atomic mass is 32.2. The van der Waals surface area contributed by atoms with Gasteiger partial charge in [0.25, 0.3) is 11.6 Å². The van der Waals surface area contributed by atoms with Gasteiger partial charge in [-0.1, -0.05) is 36.1 Å². The lowest BCUT2D eigenvalue weighted by atomic mass is 10.1. The third-order valence-electron chi connectivity index (χ3n) is 4.28. The summed E-state index contributed by atoms with van der Waals surface area (Å²) in [7, 11) is 0. The summed E-state index contributed by atoms with van der Waals surface area (Å²) in [4.78, 5) is 25.1. The Morgan fingerprint density at radius 3 is 2.63 bits per heavy atom. The van der Waals surface area contributed by atoms with Gasteiger partial charge < -0.3 is 9.47 Å². The predicted molar refractivity (Wildman–Crippen MR) is 121 cm³/mol. The summed E-state index contributed by atoms with van der Waals surface area (Å²) in [6, 6.07) is 11.9. The van der Waals surface area contributed by atoms with Crippen molar-refractivity contribution in [3.05, 3.63) is 68.6 Å². The number of aryl methyl sites for hydroxylation is 1. The van der Waals surface area contributed by atoms with Gasteiger partial charge in [0.2, 0.25) is 0 Å². The molecule has 3 rings (SSSR count). The lowest BCUT2D eigenvalue weighted by molar-refractivity contribution is -0.384. The molecule has 0 aromatic heterocycles. The van der Waals surface area contributed by atoms with E-state index < -0.39 is 4.92 Å². The Hall–Kier alpha value is -2.91. The van der Waals surface area contributed by atoms with Crippen LogP contribution < -0.4 is 9.47 Å². The molecule has 7 nitrogen and oxygen atoms in total. The fourth-order valence-corrected chi connectivity index (χ4v) is 4.20. The molecule has 1 amide bonds. The second-order valence-corrected chi connectivity index (χ2v) is 8.09. The van der Waals surface area contributed by atoms with Gasteiger partial charge in [-0.05, 0) is 43.7 Å². The Labute approximate surface area is 183 Å². The third-order valence-corrected chi connectivity index (χ3v) is 5.66. The van der Waals surface area contributed by atoms with E-state index in [4.69, 9.17) is 21.7 Å². The van der Waals surface area contributed by atoms with E-state index >= 15 is 0 Å². The first-order chi connectivity index (χ1) is 14.4. The number of hydrogen-bond acceptors (Lipinski definition) is 7. The van der Waals surface area contributed by atoms with Gasteiger partial charge in [0.05, 0.1) is 9.83 Å². The van der Waals surface area contributed by atoms with Crippen LogP contribution in [0.15, 0.2) is 47.4 Å². The minimum atomic E-state index is -0.487. The first-order valence-corrected chi connectivity index (χ1v) is 10.5. The smallest absolute Gasteiger partial charge is 0.270 e. The number of likely N-dealkylation sites (N-methyl/N-ethyl adjacent to an activating group) is 1. The van der Waals surface area contributed by atoms with Crippen molar-refractivity contribution < 1.29 is 19.2 Å². The number of amides is 1. The molecule has 1 saturated heterocycles. The summed E-state index contributed by atoms with van der Waals surface area (Å²) < 4.78 is 11.9. The van der Waals surface area contributed by atoms with Gasteiger partial charge in [-0.15, -0.1) is 0 Å². The number of rotatable bonds is 8. The van der Waals surface area contributed by atoms with Crippen LogP contribution in [0.25, 0.3) is 6.08 Å². The number of thiocarbonyl (C=S) groups is 1. The van der Waals surface area contributed by atoms with Crippen LogP contribution in [0.3, 0.4) is 0 Å². The quantitative estimate of drug-likeness (QED) is 0.194. The number of carbonyl (C=O) groups excluding carboxylic acids is 1. The fourth-order valence-electron chi connectivity index (χ4n) is 2.82. The number of nitro benzene ring substituents is 1. The molecule has 9 heteroatoms. The third kappa shape index (κ3) is 5.17. The molecule has 1 aliphatic rings. The topological polar surface area (TPSA) is 81.9 Å². The molecule has 0 radical (unpaired) electrons. The van der Waals surface area contributed by atoms with E-state index in [1.54, 1.807) is 6.08 Å². The molecular formula is C21H20N2O5S2. The summed E-state index contributed by atoms with van der Waals surface area (Å²) in [5.41, 5.74) is 1.45. The fraction of sp³-hybridized carbons (Fsp3) is 0.238. The number of thioether (sulfide) groups is 1. The maximum absolute atomic E-state index is 12.5. The Balaban J connectivity index is 1.76. The van der Waals surface area contributed by atoms with Crippen molar-refractivity contribution in [1.82, 2.24) is 4.90 Å². The van der Waals surface area contributed by atoms with Crippen molar-refractivity contribution in [2.75, 3.05) is 19.8 Å². The number of nitrogens with zero attached hydrogens (tertiary/aromatic N) is 2. The highest BCUT2D eigenvalue weighted by Crippen LogP contribution is 2.35. The van der Waals surface area contributed by atoms with Crippen LogP contribution in [0.5, 0.6) is 11.5 Å². The Kier molecular flexibility index (Phi) is 7.07. The molecule has 1 heterocycles. The van der Waals surface area contributed by atoms with Gasteiger partial charge in [-0.25, -0.2) is 0 Å². The summed E-state index contributed by atoms with van der Waals surface area (Å²) in [6.07, 6.45) is 1.58. The van der Waals surface area contributed by atoms with Crippen LogP contribution in [0.1, 0.15) is 18.1 Å². The first-order valence-electron chi connectivity index (χ1n) is 9.25. The van der Waals surface area contributed by atoms with Gasteiger partial charge in [-0.2, -0.15) is 0 Å². The minimum Gasteiger partial charge on any atom is -0.490 e. The van der Waals surface area contributed by atoms with Crippen LogP contribution in [0.4, 0.5) is 5.69 Å².